The number of aromatic amines is 1. The fourth-order valence-corrected chi connectivity index (χ4v) is 5.51. The van der Waals surface area contributed by atoms with E-state index in [-0.39, 0.29) is 17.3 Å². The van der Waals surface area contributed by atoms with Crippen molar-refractivity contribution in [1.29, 1.82) is 0 Å². The number of nitrogens with one attached hydrogen (secondary N) is 1. The van der Waals surface area contributed by atoms with Crippen molar-refractivity contribution in [3.8, 4) is 0 Å². The summed E-state index contributed by atoms with van der Waals surface area (Å²) in [6.45, 7) is 7.56. The molecule has 0 bridgehead atoms. The number of piperidine rings is 2. The second-order valence-electron chi connectivity index (χ2n) is 9.35. The zero-order valence-electron chi connectivity index (χ0n) is 17.5. The molecule has 2 fully saturated rings. The largest absolute Gasteiger partial charge is 0.472 e. The number of β-amino-alcohol motifs (C(OH)–C–C–N with tert-alkyl or cyclic N) is 1. The summed E-state index contributed by atoms with van der Waals surface area (Å²) in [7, 11) is 0. The molecule has 3 aromatic rings. The average Bonchev–Trinajstić information content (AvgIpc) is 3.32. The number of likely N-dealkylation sites (tertiary alicyclic amines) is 2. The van der Waals surface area contributed by atoms with Crippen molar-refractivity contribution < 1.29 is 13.9 Å². The number of aliphatic hydroxyl groups is 1. The molecule has 1 spiro atoms. The minimum atomic E-state index is -0.290. The van der Waals surface area contributed by atoms with Crippen molar-refractivity contribution in [3.05, 3.63) is 59.4 Å². The van der Waals surface area contributed by atoms with Gasteiger partial charge in [-0.15, -0.1) is 0 Å². The van der Waals surface area contributed by atoms with Gasteiger partial charge in [0.2, 0.25) is 0 Å². The summed E-state index contributed by atoms with van der Waals surface area (Å²) >= 11 is 0. The third kappa shape index (κ3) is 3.92. The number of nitrogens with zero attached hydrogens (tertiary/aromatic N) is 2. The predicted octanol–water partition coefficient (Wildman–Crippen LogP) is 4.06. The molecule has 2 aliphatic heterocycles. The van der Waals surface area contributed by atoms with Crippen LogP contribution in [0.15, 0.2) is 41.2 Å². The zero-order chi connectivity index (χ0) is 20.7. The number of rotatable bonds is 4. The Bertz CT molecular complexity index is 1010. The van der Waals surface area contributed by atoms with Crippen molar-refractivity contribution in [2.45, 2.75) is 45.4 Å². The van der Waals surface area contributed by atoms with Crippen molar-refractivity contribution in [3.63, 3.8) is 0 Å². The van der Waals surface area contributed by atoms with Crippen LogP contribution in [-0.4, -0.2) is 52.2 Å². The lowest BCUT2D eigenvalue weighted by molar-refractivity contribution is -0.0450. The molecule has 1 atom stereocenters. The summed E-state index contributed by atoms with van der Waals surface area (Å²) in [5, 5.41) is 11.6. The highest BCUT2D eigenvalue weighted by Gasteiger charge is 2.41. The molecule has 1 unspecified atom stereocenters. The SMILES string of the molecule is Cc1c(CN2CC(O)CC3(CCN(Cc4ccoc4)CC3)C2)[nH]c2ccc(F)cc12. The van der Waals surface area contributed by atoms with E-state index < -0.39 is 0 Å². The molecule has 5 rings (SSSR count). The number of hydrogen-bond acceptors (Lipinski definition) is 4. The summed E-state index contributed by atoms with van der Waals surface area (Å²) in [6, 6.07) is 6.94. The standard InChI is InChI=1S/C24H30FN3O2/c1-17-21-10-19(25)2-3-22(21)26-23(17)14-28-13-20(29)11-24(16-28)5-7-27(8-6-24)12-18-4-9-30-15-18/h2-4,9-10,15,20,26,29H,5-8,11-14,16H2,1H3. The Hall–Kier alpha value is -2.15. The molecule has 160 valence electrons. The van der Waals surface area contributed by atoms with Crippen molar-refractivity contribution in [1.82, 2.24) is 14.8 Å². The van der Waals surface area contributed by atoms with Gasteiger partial charge in [-0.2, -0.15) is 0 Å². The van der Waals surface area contributed by atoms with E-state index in [1.54, 1.807) is 12.3 Å². The second-order valence-corrected chi connectivity index (χ2v) is 9.35. The van der Waals surface area contributed by atoms with Crippen molar-refractivity contribution in [2.24, 2.45) is 5.41 Å². The number of furan rings is 1. The molecule has 5 nitrogen and oxygen atoms in total. The number of halogens is 1. The lowest BCUT2D eigenvalue weighted by atomic mass is 9.71. The molecule has 0 amide bonds. The Kier molecular flexibility index (Phi) is 5.17. The van der Waals surface area contributed by atoms with E-state index in [9.17, 15) is 9.50 Å². The van der Waals surface area contributed by atoms with E-state index in [0.29, 0.717) is 6.54 Å². The number of aromatic nitrogens is 1. The van der Waals surface area contributed by atoms with Gasteiger partial charge in [0.15, 0.2) is 0 Å². The van der Waals surface area contributed by atoms with Gasteiger partial charge in [-0.1, -0.05) is 0 Å². The number of H-pyrrole nitrogens is 1. The van der Waals surface area contributed by atoms with E-state index in [4.69, 9.17) is 4.42 Å². The molecular formula is C24H30FN3O2. The lowest BCUT2D eigenvalue weighted by Gasteiger charge is -2.49. The van der Waals surface area contributed by atoms with E-state index in [1.807, 2.05) is 18.4 Å². The van der Waals surface area contributed by atoms with Crippen LogP contribution in [0.2, 0.25) is 0 Å². The highest BCUT2D eigenvalue weighted by atomic mass is 19.1. The Morgan fingerprint density at radius 1 is 1.20 bits per heavy atom. The molecule has 2 aromatic heterocycles. The van der Waals surface area contributed by atoms with Gasteiger partial charge in [-0.05, 0) is 74.5 Å². The van der Waals surface area contributed by atoms with Gasteiger partial charge in [0.25, 0.3) is 0 Å². The Balaban J connectivity index is 1.27. The van der Waals surface area contributed by atoms with Gasteiger partial charge >= 0.3 is 0 Å². The van der Waals surface area contributed by atoms with Crippen LogP contribution in [0.4, 0.5) is 4.39 Å². The first-order valence-electron chi connectivity index (χ1n) is 10.9. The Morgan fingerprint density at radius 3 is 2.80 bits per heavy atom. The lowest BCUT2D eigenvalue weighted by Crippen LogP contribution is -2.53. The normalized spacial score (nSPS) is 22.8. The molecule has 2 N–H and O–H groups in total. The average molecular weight is 412 g/mol. The summed E-state index contributed by atoms with van der Waals surface area (Å²) in [4.78, 5) is 8.34. The number of fused-ring (bicyclic) bond motifs is 1. The number of hydrogen-bond donors (Lipinski definition) is 2. The topological polar surface area (TPSA) is 55.6 Å². The number of aryl methyl sites for hydroxylation is 1. The first-order chi connectivity index (χ1) is 14.5. The fourth-order valence-electron chi connectivity index (χ4n) is 5.51. The van der Waals surface area contributed by atoms with E-state index >= 15 is 0 Å². The minimum absolute atomic E-state index is 0.177. The van der Waals surface area contributed by atoms with E-state index in [2.05, 4.69) is 21.7 Å². The molecule has 0 saturated carbocycles. The Labute approximate surface area is 176 Å². The maximum atomic E-state index is 13.7. The van der Waals surface area contributed by atoms with E-state index in [1.165, 1.54) is 11.6 Å². The summed E-state index contributed by atoms with van der Waals surface area (Å²) in [5.41, 5.74) is 4.60. The number of aliphatic hydroxyl groups excluding tert-OH is 1. The molecule has 1 aromatic carbocycles. The Morgan fingerprint density at radius 2 is 2.03 bits per heavy atom. The summed E-state index contributed by atoms with van der Waals surface area (Å²) in [6.07, 6.45) is 6.37. The van der Waals surface area contributed by atoms with Crippen molar-refractivity contribution in [2.75, 3.05) is 26.2 Å². The van der Waals surface area contributed by atoms with E-state index in [0.717, 1.165) is 74.1 Å². The fraction of sp³-hybridized carbons (Fsp3) is 0.500. The second kappa shape index (κ2) is 7.84. The van der Waals surface area contributed by atoms with Crippen LogP contribution in [0.1, 0.15) is 36.1 Å². The van der Waals surface area contributed by atoms with Crippen LogP contribution in [0.25, 0.3) is 10.9 Å². The first kappa shape index (κ1) is 19.8. The van der Waals surface area contributed by atoms with Gasteiger partial charge in [0, 0.05) is 48.3 Å². The molecule has 4 heterocycles. The quantitative estimate of drug-likeness (QED) is 0.680. The molecule has 2 saturated heterocycles. The summed E-state index contributed by atoms with van der Waals surface area (Å²) in [5.74, 6) is -0.203. The molecule has 30 heavy (non-hydrogen) atoms. The maximum Gasteiger partial charge on any atom is 0.123 e. The van der Waals surface area contributed by atoms with Gasteiger partial charge in [-0.3, -0.25) is 9.80 Å². The molecule has 2 aliphatic rings. The highest BCUT2D eigenvalue weighted by molar-refractivity contribution is 5.84. The van der Waals surface area contributed by atoms with Crippen molar-refractivity contribution >= 4 is 10.9 Å². The van der Waals surface area contributed by atoms with Crippen LogP contribution in [0, 0.1) is 18.2 Å². The third-order valence-corrected chi connectivity index (χ3v) is 7.11. The molecule has 0 aliphatic carbocycles. The molecular weight excluding hydrogens is 381 g/mol. The van der Waals surface area contributed by atoms with Crippen LogP contribution in [0.3, 0.4) is 0 Å². The molecule has 0 radical (unpaired) electrons. The monoisotopic (exact) mass is 411 g/mol. The van der Waals surface area contributed by atoms with Crippen LogP contribution in [0.5, 0.6) is 0 Å². The van der Waals surface area contributed by atoms with Gasteiger partial charge in [0.05, 0.1) is 18.6 Å². The van der Waals surface area contributed by atoms with Gasteiger partial charge < -0.3 is 14.5 Å². The number of benzene rings is 1. The smallest absolute Gasteiger partial charge is 0.123 e. The minimum Gasteiger partial charge on any atom is -0.472 e. The summed E-state index contributed by atoms with van der Waals surface area (Å²) < 4.78 is 18.9. The third-order valence-electron chi connectivity index (χ3n) is 7.11. The maximum absolute atomic E-state index is 13.7. The first-order valence-corrected chi connectivity index (χ1v) is 10.9. The molecule has 6 heteroatoms. The van der Waals surface area contributed by atoms with Crippen LogP contribution >= 0.6 is 0 Å². The highest BCUT2D eigenvalue weighted by Crippen LogP contribution is 2.41. The zero-order valence-corrected chi connectivity index (χ0v) is 17.5. The van der Waals surface area contributed by atoms with Crippen LogP contribution < -0.4 is 0 Å². The van der Waals surface area contributed by atoms with Crippen LogP contribution in [-0.2, 0) is 13.1 Å². The predicted molar refractivity (Wildman–Crippen MR) is 115 cm³/mol. The van der Waals surface area contributed by atoms with Gasteiger partial charge in [0.1, 0.15) is 5.82 Å². The van der Waals surface area contributed by atoms with Gasteiger partial charge in [-0.25, -0.2) is 4.39 Å².